The summed E-state index contributed by atoms with van der Waals surface area (Å²) in [5.74, 6) is -0.186. The number of rotatable bonds is 5. The van der Waals surface area contributed by atoms with Crippen LogP contribution in [0.25, 0.3) is 22.1 Å². The topological polar surface area (TPSA) is 104 Å². The molecule has 1 aromatic carbocycles. The molecule has 4 rings (SSSR count). The zero-order valence-electron chi connectivity index (χ0n) is 16.4. The Hall–Kier alpha value is -3.46. The number of carbonyl (C=O) groups is 1. The summed E-state index contributed by atoms with van der Waals surface area (Å²) in [6, 6.07) is 7.14. The van der Waals surface area contributed by atoms with Gasteiger partial charge in [0.05, 0.1) is 17.5 Å². The molecule has 154 valence electrons. The van der Waals surface area contributed by atoms with Crippen LogP contribution < -0.4 is 16.6 Å². The lowest BCUT2D eigenvalue weighted by Crippen LogP contribution is -2.37. The van der Waals surface area contributed by atoms with Gasteiger partial charge in [0, 0.05) is 43.7 Å². The van der Waals surface area contributed by atoms with Crippen LogP contribution >= 0.6 is 11.6 Å². The summed E-state index contributed by atoms with van der Waals surface area (Å²) in [4.78, 5) is 45.4. The Bertz CT molecular complexity index is 1400. The number of fused-ring (bicyclic) bond motifs is 2. The molecule has 1 N–H and O–H groups in total. The van der Waals surface area contributed by atoms with E-state index in [0.717, 1.165) is 9.95 Å². The molecule has 0 fully saturated rings. The molecular weight excluding hydrogens is 408 g/mol. The zero-order valence-corrected chi connectivity index (χ0v) is 17.2. The van der Waals surface area contributed by atoms with Crippen LogP contribution in [-0.4, -0.2) is 29.6 Å². The SMILES string of the molecule is Cn1c(=O)c2c(ncn2CCCC(=O)Nc2cc(Cl)cc3cccnc23)n(C)c1=O. The van der Waals surface area contributed by atoms with Crippen LogP contribution in [0.4, 0.5) is 5.69 Å². The van der Waals surface area contributed by atoms with Crippen LogP contribution in [0, 0.1) is 0 Å². The Labute approximate surface area is 175 Å². The molecule has 0 aliphatic carbocycles. The second-order valence-corrected chi connectivity index (χ2v) is 7.43. The molecule has 0 saturated heterocycles. The van der Waals surface area contributed by atoms with E-state index < -0.39 is 11.2 Å². The second-order valence-electron chi connectivity index (χ2n) is 7.00. The number of aromatic nitrogens is 5. The van der Waals surface area contributed by atoms with Gasteiger partial charge in [-0.25, -0.2) is 9.78 Å². The first-order valence-corrected chi connectivity index (χ1v) is 9.69. The molecule has 0 atom stereocenters. The minimum atomic E-state index is -0.431. The largest absolute Gasteiger partial charge is 0.332 e. The van der Waals surface area contributed by atoms with Crippen LogP contribution in [0.15, 0.2) is 46.4 Å². The van der Waals surface area contributed by atoms with Gasteiger partial charge in [0.25, 0.3) is 5.56 Å². The van der Waals surface area contributed by atoms with Crippen molar-refractivity contribution in [3.05, 3.63) is 62.7 Å². The summed E-state index contributed by atoms with van der Waals surface area (Å²) >= 11 is 6.14. The number of hydrogen-bond acceptors (Lipinski definition) is 5. The maximum absolute atomic E-state index is 12.5. The standard InChI is InChI=1S/C20H19ClN6O3/c1-25-18-17(19(29)26(2)20(25)30)27(11-23-18)8-4-6-15(28)24-14-10-13(21)9-12-5-3-7-22-16(12)14/h3,5,7,9-11H,4,6,8H2,1-2H3,(H,24,28). The average Bonchev–Trinajstić information content (AvgIpc) is 3.14. The molecule has 0 radical (unpaired) electrons. The van der Waals surface area contributed by atoms with Crippen molar-refractivity contribution < 1.29 is 4.79 Å². The maximum atomic E-state index is 12.5. The molecule has 0 unspecified atom stereocenters. The fraction of sp³-hybridized carbons (Fsp3) is 0.250. The number of nitrogens with zero attached hydrogens (tertiary/aromatic N) is 5. The summed E-state index contributed by atoms with van der Waals surface area (Å²) in [6.07, 6.45) is 3.88. The van der Waals surface area contributed by atoms with Gasteiger partial charge in [0.15, 0.2) is 11.2 Å². The van der Waals surface area contributed by atoms with Gasteiger partial charge in [-0.3, -0.25) is 23.7 Å². The van der Waals surface area contributed by atoms with Gasteiger partial charge in [0.1, 0.15) is 0 Å². The lowest BCUT2D eigenvalue weighted by atomic mass is 10.2. The van der Waals surface area contributed by atoms with E-state index in [1.54, 1.807) is 36.0 Å². The summed E-state index contributed by atoms with van der Waals surface area (Å²) in [6.45, 7) is 0.409. The molecule has 0 spiro atoms. The third kappa shape index (κ3) is 3.48. The number of anilines is 1. The number of benzene rings is 1. The predicted molar refractivity (Wildman–Crippen MR) is 115 cm³/mol. The van der Waals surface area contributed by atoms with Crippen LogP contribution in [0.1, 0.15) is 12.8 Å². The van der Waals surface area contributed by atoms with Gasteiger partial charge >= 0.3 is 5.69 Å². The first kappa shape index (κ1) is 19.8. The molecule has 3 heterocycles. The van der Waals surface area contributed by atoms with E-state index in [4.69, 9.17) is 11.6 Å². The van der Waals surface area contributed by atoms with E-state index in [-0.39, 0.29) is 12.3 Å². The van der Waals surface area contributed by atoms with Crippen LogP contribution in [0.3, 0.4) is 0 Å². The lowest BCUT2D eigenvalue weighted by molar-refractivity contribution is -0.116. The highest BCUT2D eigenvalue weighted by molar-refractivity contribution is 6.32. The molecule has 9 nitrogen and oxygen atoms in total. The summed E-state index contributed by atoms with van der Waals surface area (Å²) < 4.78 is 4.04. The lowest BCUT2D eigenvalue weighted by Gasteiger charge is -2.09. The molecule has 0 saturated carbocycles. The number of pyridine rings is 1. The van der Waals surface area contributed by atoms with Crippen molar-refractivity contribution in [1.29, 1.82) is 0 Å². The minimum Gasteiger partial charge on any atom is -0.325 e. The minimum absolute atomic E-state index is 0.186. The summed E-state index contributed by atoms with van der Waals surface area (Å²) in [7, 11) is 3.00. The highest BCUT2D eigenvalue weighted by Crippen LogP contribution is 2.26. The van der Waals surface area contributed by atoms with Crippen molar-refractivity contribution in [2.75, 3.05) is 5.32 Å². The number of hydrogen-bond donors (Lipinski definition) is 1. The molecule has 3 aromatic heterocycles. The highest BCUT2D eigenvalue weighted by atomic mass is 35.5. The monoisotopic (exact) mass is 426 g/mol. The summed E-state index contributed by atoms with van der Waals surface area (Å²) in [5.41, 5.74) is 1.04. The van der Waals surface area contributed by atoms with Gasteiger partial charge in [-0.1, -0.05) is 17.7 Å². The van der Waals surface area contributed by atoms with Crippen molar-refractivity contribution >= 4 is 45.3 Å². The highest BCUT2D eigenvalue weighted by Gasteiger charge is 2.14. The van der Waals surface area contributed by atoms with E-state index >= 15 is 0 Å². The fourth-order valence-electron chi connectivity index (χ4n) is 3.44. The number of amides is 1. The molecular formula is C20H19ClN6O3. The molecule has 0 bridgehead atoms. The van der Waals surface area contributed by atoms with Crippen molar-refractivity contribution in [1.82, 2.24) is 23.7 Å². The average molecular weight is 427 g/mol. The number of carbonyl (C=O) groups excluding carboxylic acids is 1. The van der Waals surface area contributed by atoms with Crippen LogP contribution in [0.2, 0.25) is 5.02 Å². The molecule has 0 aliphatic heterocycles. The normalized spacial score (nSPS) is 11.3. The first-order valence-electron chi connectivity index (χ1n) is 9.32. The molecule has 30 heavy (non-hydrogen) atoms. The third-order valence-electron chi connectivity index (χ3n) is 4.96. The molecule has 1 amide bonds. The number of imidazole rings is 1. The van der Waals surface area contributed by atoms with E-state index in [1.165, 1.54) is 17.9 Å². The number of halogens is 1. The van der Waals surface area contributed by atoms with Gasteiger partial charge in [-0.05, 0) is 24.6 Å². The third-order valence-corrected chi connectivity index (χ3v) is 5.18. The van der Waals surface area contributed by atoms with Crippen LogP contribution in [-0.2, 0) is 25.4 Å². The van der Waals surface area contributed by atoms with Crippen molar-refractivity contribution in [2.45, 2.75) is 19.4 Å². The fourth-order valence-corrected chi connectivity index (χ4v) is 3.67. The molecule has 0 aliphatic rings. The van der Waals surface area contributed by atoms with E-state index in [0.29, 0.717) is 40.4 Å². The Morgan fingerprint density at radius 3 is 2.77 bits per heavy atom. The molecule has 10 heteroatoms. The van der Waals surface area contributed by atoms with E-state index in [2.05, 4.69) is 15.3 Å². The van der Waals surface area contributed by atoms with Crippen LogP contribution in [0.5, 0.6) is 0 Å². The van der Waals surface area contributed by atoms with Gasteiger partial charge in [-0.2, -0.15) is 0 Å². The van der Waals surface area contributed by atoms with Crippen molar-refractivity contribution in [2.24, 2.45) is 14.1 Å². The Kier molecular flexibility index (Phi) is 5.13. The predicted octanol–water partition coefficient (Wildman–Crippen LogP) is 2.05. The Morgan fingerprint density at radius 2 is 1.97 bits per heavy atom. The van der Waals surface area contributed by atoms with Gasteiger partial charge in [0.2, 0.25) is 5.91 Å². The molecule has 4 aromatic rings. The first-order chi connectivity index (χ1) is 14.4. The quantitative estimate of drug-likeness (QED) is 0.526. The van der Waals surface area contributed by atoms with Gasteiger partial charge in [-0.15, -0.1) is 0 Å². The van der Waals surface area contributed by atoms with Crippen molar-refractivity contribution in [3.63, 3.8) is 0 Å². The number of nitrogens with one attached hydrogen (secondary N) is 1. The number of aryl methyl sites for hydroxylation is 2. The smallest absolute Gasteiger partial charge is 0.325 e. The second kappa shape index (κ2) is 7.75. The van der Waals surface area contributed by atoms with Crippen molar-refractivity contribution in [3.8, 4) is 0 Å². The van der Waals surface area contributed by atoms with E-state index in [9.17, 15) is 14.4 Å². The maximum Gasteiger partial charge on any atom is 0.332 e. The summed E-state index contributed by atoms with van der Waals surface area (Å²) in [5, 5.41) is 4.21. The Balaban J connectivity index is 1.49. The zero-order chi connectivity index (χ0) is 21.4. The van der Waals surface area contributed by atoms with E-state index in [1.807, 2.05) is 6.07 Å². The van der Waals surface area contributed by atoms with Gasteiger partial charge < -0.3 is 9.88 Å². The Morgan fingerprint density at radius 1 is 1.17 bits per heavy atom.